The van der Waals surface area contributed by atoms with E-state index in [1.807, 2.05) is 6.92 Å². The monoisotopic (exact) mass is 195 g/mol. The lowest BCUT2D eigenvalue weighted by molar-refractivity contribution is -0.137. The molecule has 5 heteroatoms. The third-order valence-electron chi connectivity index (χ3n) is 1.94. The van der Waals surface area contributed by atoms with Crippen LogP contribution in [0.4, 0.5) is 5.95 Å². The Morgan fingerprint density at radius 1 is 1.64 bits per heavy atom. The predicted octanol–water partition coefficient (Wildman–Crippen LogP) is 0.775. The number of anilines is 1. The van der Waals surface area contributed by atoms with E-state index >= 15 is 0 Å². The Labute approximate surface area is 82.0 Å². The maximum absolute atomic E-state index is 10.3. The predicted molar refractivity (Wildman–Crippen MR) is 51.8 cm³/mol. The van der Waals surface area contributed by atoms with Crippen LogP contribution in [-0.2, 0) is 11.2 Å². The van der Waals surface area contributed by atoms with Crippen molar-refractivity contribution in [1.29, 1.82) is 0 Å². The number of aryl methyl sites for hydroxylation is 2. The van der Waals surface area contributed by atoms with E-state index in [4.69, 9.17) is 10.8 Å². The van der Waals surface area contributed by atoms with Crippen molar-refractivity contribution in [3.05, 3.63) is 17.5 Å². The summed E-state index contributed by atoms with van der Waals surface area (Å²) in [5.41, 5.74) is 7.17. The molecule has 76 valence electrons. The molecule has 14 heavy (non-hydrogen) atoms. The second-order valence-corrected chi connectivity index (χ2v) is 3.09. The van der Waals surface area contributed by atoms with E-state index < -0.39 is 5.97 Å². The second kappa shape index (κ2) is 4.55. The molecule has 0 aromatic carbocycles. The normalized spacial score (nSPS) is 10.1. The number of carbonyl (C=O) groups is 1. The maximum Gasteiger partial charge on any atom is 0.303 e. The van der Waals surface area contributed by atoms with Crippen molar-refractivity contribution >= 4 is 11.9 Å². The van der Waals surface area contributed by atoms with E-state index in [-0.39, 0.29) is 12.4 Å². The Morgan fingerprint density at radius 2 is 2.36 bits per heavy atom. The first-order valence-electron chi connectivity index (χ1n) is 4.39. The number of carboxylic acids is 1. The van der Waals surface area contributed by atoms with E-state index in [2.05, 4.69) is 9.97 Å². The van der Waals surface area contributed by atoms with Gasteiger partial charge in [0.25, 0.3) is 0 Å². The fourth-order valence-corrected chi connectivity index (χ4v) is 1.19. The molecule has 3 N–H and O–H groups in total. The van der Waals surface area contributed by atoms with Gasteiger partial charge < -0.3 is 10.8 Å². The van der Waals surface area contributed by atoms with Gasteiger partial charge in [-0.05, 0) is 25.3 Å². The van der Waals surface area contributed by atoms with Crippen molar-refractivity contribution < 1.29 is 9.90 Å². The SMILES string of the molecule is Cc1nc(N)ncc1CCCC(=O)O. The van der Waals surface area contributed by atoms with Gasteiger partial charge in [-0.1, -0.05) is 0 Å². The Bertz CT molecular complexity index is 339. The molecule has 0 radical (unpaired) electrons. The number of carboxylic acid groups (broad SMARTS) is 1. The van der Waals surface area contributed by atoms with Crippen LogP contribution in [0.2, 0.25) is 0 Å². The summed E-state index contributed by atoms with van der Waals surface area (Å²) in [6, 6.07) is 0. The molecule has 0 aliphatic carbocycles. The molecule has 0 saturated heterocycles. The van der Waals surface area contributed by atoms with Crippen LogP contribution in [0.25, 0.3) is 0 Å². The number of hydrogen-bond donors (Lipinski definition) is 2. The number of aromatic nitrogens is 2. The van der Waals surface area contributed by atoms with E-state index in [9.17, 15) is 4.79 Å². The molecule has 0 bridgehead atoms. The molecule has 1 aromatic rings. The molecular formula is C9H13N3O2. The van der Waals surface area contributed by atoms with Crippen LogP contribution in [0.1, 0.15) is 24.1 Å². The summed E-state index contributed by atoms with van der Waals surface area (Å²) in [7, 11) is 0. The summed E-state index contributed by atoms with van der Waals surface area (Å²) < 4.78 is 0. The highest BCUT2D eigenvalue weighted by atomic mass is 16.4. The Morgan fingerprint density at radius 3 is 2.93 bits per heavy atom. The van der Waals surface area contributed by atoms with Crippen LogP contribution in [0.5, 0.6) is 0 Å². The molecule has 0 unspecified atom stereocenters. The van der Waals surface area contributed by atoms with Crippen molar-refractivity contribution in [2.75, 3.05) is 5.73 Å². The average Bonchev–Trinajstić information content (AvgIpc) is 2.08. The van der Waals surface area contributed by atoms with Crippen LogP contribution >= 0.6 is 0 Å². The van der Waals surface area contributed by atoms with Crippen LogP contribution in [0, 0.1) is 6.92 Å². The lowest BCUT2D eigenvalue weighted by Crippen LogP contribution is -2.02. The summed E-state index contributed by atoms with van der Waals surface area (Å²) in [6.45, 7) is 1.84. The quantitative estimate of drug-likeness (QED) is 0.740. The molecule has 0 saturated carbocycles. The molecule has 0 spiro atoms. The zero-order valence-electron chi connectivity index (χ0n) is 8.03. The van der Waals surface area contributed by atoms with Crippen LogP contribution in [0.15, 0.2) is 6.20 Å². The topological polar surface area (TPSA) is 89.1 Å². The first-order chi connectivity index (χ1) is 6.59. The number of nitrogens with zero attached hydrogens (tertiary/aromatic N) is 2. The van der Waals surface area contributed by atoms with Gasteiger partial charge >= 0.3 is 5.97 Å². The van der Waals surface area contributed by atoms with Crippen molar-refractivity contribution in [2.45, 2.75) is 26.2 Å². The number of nitrogens with two attached hydrogens (primary N) is 1. The highest BCUT2D eigenvalue weighted by Crippen LogP contribution is 2.08. The molecule has 1 heterocycles. The smallest absolute Gasteiger partial charge is 0.303 e. The van der Waals surface area contributed by atoms with Crippen molar-refractivity contribution in [1.82, 2.24) is 9.97 Å². The molecule has 0 fully saturated rings. The van der Waals surface area contributed by atoms with E-state index in [0.717, 1.165) is 11.3 Å². The first kappa shape index (κ1) is 10.4. The molecule has 5 nitrogen and oxygen atoms in total. The van der Waals surface area contributed by atoms with E-state index in [1.165, 1.54) is 0 Å². The fourth-order valence-electron chi connectivity index (χ4n) is 1.19. The Balaban J connectivity index is 2.55. The van der Waals surface area contributed by atoms with Crippen molar-refractivity contribution in [3.8, 4) is 0 Å². The van der Waals surface area contributed by atoms with Crippen LogP contribution < -0.4 is 5.73 Å². The number of aliphatic carboxylic acids is 1. The molecular weight excluding hydrogens is 182 g/mol. The molecule has 0 amide bonds. The standard InChI is InChI=1S/C9H13N3O2/c1-6-7(3-2-4-8(13)14)5-11-9(10)12-6/h5H,2-4H2,1H3,(H,13,14)(H2,10,11,12). The highest BCUT2D eigenvalue weighted by molar-refractivity contribution is 5.66. The zero-order chi connectivity index (χ0) is 10.6. The fraction of sp³-hybridized carbons (Fsp3) is 0.444. The molecule has 0 aliphatic heterocycles. The van der Waals surface area contributed by atoms with Gasteiger partial charge in [-0.2, -0.15) is 0 Å². The minimum Gasteiger partial charge on any atom is -0.481 e. The van der Waals surface area contributed by atoms with Crippen molar-refractivity contribution in [2.24, 2.45) is 0 Å². The van der Waals surface area contributed by atoms with Gasteiger partial charge in [-0.15, -0.1) is 0 Å². The minimum absolute atomic E-state index is 0.170. The third kappa shape index (κ3) is 3.01. The van der Waals surface area contributed by atoms with Crippen LogP contribution in [0.3, 0.4) is 0 Å². The van der Waals surface area contributed by atoms with Gasteiger partial charge in [-0.25, -0.2) is 9.97 Å². The Hall–Kier alpha value is -1.65. The van der Waals surface area contributed by atoms with Gasteiger partial charge in [0.2, 0.25) is 5.95 Å². The molecule has 1 aromatic heterocycles. The summed E-state index contributed by atoms with van der Waals surface area (Å²) in [4.78, 5) is 18.1. The summed E-state index contributed by atoms with van der Waals surface area (Å²) in [5, 5.41) is 8.45. The summed E-state index contributed by atoms with van der Waals surface area (Å²) >= 11 is 0. The van der Waals surface area contributed by atoms with Gasteiger partial charge in [0.1, 0.15) is 0 Å². The van der Waals surface area contributed by atoms with Crippen LogP contribution in [-0.4, -0.2) is 21.0 Å². The Kier molecular flexibility index (Phi) is 3.39. The van der Waals surface area contributed by atoms with Crippen molar-refractivity contribution in [3.63, 3.8) is 0 Å². The summed E-state index contributed by atoms with van der Waals surface area (Å²) in [6.07, 6.45) is 3.10. The lowest BCUT2D eigenvalue weighted by atomic mass is 10.1. The van der Waals surface area contributed by atoms with Gasteiger partial charge in [0.15, 0.2) is 0 Å². The van der Waals surface area contributed by atoms with E-state index in [1.54, 1.807) is 6.20 Å². The summed E-state index contributed by atoms with van der Waals surface area (Å²) in [5.74, 6) is -0.525. The first-order valence-corrected chi connectivity index (χ1v) is 4.39. The maximum atomic E-state index is 10.3. The molecule has 0 atom stereocenters. The van der Waals surface area contributed by atoms with E-state index in [0.29, 0.717) is 12.8 Å². The van der Waals surface area contributed by atoms with Gasteiger partial charge in [0.05, 0.1) is 0 Å². The van der Waals surface area contributed by atoms with Gasteiger partial charge in [-0.3, -0.25) is 4.79 Å². The number of nitrogen functional groups attached to an aromatic ring is 1. The lowest BCUT2D eigenvalue weighted by Gasteiger charge is -2.03. The highest BCUT2D eigenvalue weighted by Gasteiger charge is 2.03. The third-order valence-corrected chi connectivity index (χ3v) is 1.94. The second-order valence-electron chi connectivity index (χ2n) is 3.09. The largest absolute Gasteiger partial charge is 0.481 e. The number of hydrogen-bond acceptors (Lipinski definition) is 4. The zero-order valence-corrected chi connectivity index (χ0v) is 8.03. The minimum atomic E-state index is -0.779. The van der Waals surface area contributed by atoms with Gasteiger partial charge in [0, 0.05) is 18.3 Å². The molecule has 0 aliphatic rings. The number of rotatable bonds is 4. The average molecular weight is 195 g/mol. The molecule has 1 rings (SSSR count).